The van der Waals surface area contributed by atoms with Gasteiger partial charge in [-0.05, 0) is 23.1 Å². The largest absolute Gasteiger partial charge is 0.296 e. The predicted molar refractivity (Wildman–Crippen MR) is 64.9 cm³/mol. The summed E-state index contributed by atoms with van der Waals surface area (Å²) < 4.78 is 1.34. The van der Waals surface area contributed by atoms with Crippen LogP contribution in [0.3, 0.4) is 0 Å². The van der Waals surface area contributed by atoms with E-state index >= 15 is 0 Å². The first-order chi connectivity index (χ1) is 7.98. The Bertz CT molecular complexity index is 523. The first kappa shape index (κ1) is 11.5. The van der Waals surface area contributed by atoms with Crippen LogP contribution in [0.2, 0.25) is 0 Å². The van der Waals surface area contributed by atoms with Gasteiger partial charge in [-0.3, -0.25) is 9.78 Å². The summed E-state index contributed by atoms with van der Waals surface area (Å²) >= 11 is 0. The molecular weight excluding hydrogens is 214 g/mol. The van der Waals surface area contributed by atoms with Crippen molar-refractivity contribution in [2.45, 2.75) is 26.2 Å². The quantitative estimate of drug-likeness (QED) is 0.753. The van der Waals surface area contributed by atoms with Gasteiger partial charge in [-0.1, -0.05) is 26.8 Å². The van der Waals surface area contributed by atoms with Gasteiger partial charge in [0.05, 0.1) is 6.20 Å². The molecule has 2 heterocycles. The van der Waals surface area contributed by atoms with Crippen molar-refractivity contribution >= 4 is 5.91 Å². The van der Waals surface area contributed by atoms with Crippen LogP contribution in [0.25, 0.3) is 0 Å². The molecule has 0 aliphatic rings. The summed E-state index contributed by atoms with van der Waals surface area (Å²) in [6.45, 7) is 6.25. The zero-order valence-corrected chi connectivity index (χ0v) is 10.2. The maximum Gasteiger partial charge on any atom is 0.296 e. The first-order valence-corrected chi connectivity index (χ1v) is 5.49. The Balaban J connectivity index is 2.30. The van der Waals surface area contributed by atoms with E-state index in [1.807, 2.05) is 0 Å². The molecule has 0 amide bonds. The van der Waals surface area contributed by atoms with Crippen molar-refractivity contribution in [3.63, 3.8) is 0 Å². The van der Waals surface area contributed by atoms with E-state index < -0.39 is 0 Å². The molecule has 17 heavy (non-hydrogen) atoms. The zero-order chi connectivity index (χ0) is 12.5. The lowest BCUT2D eigenvalue weighted by Gasteiger charge is -2.14. The smallest absolute Gasteiger partial charge is 0.265 e. The van der Waals surface area contributed by atoms with Crippen LogP contribution in [0.4, 0.5) is 0 Å². The number of carbonyl (C=O) groups is 1. The molecule has 0 radical (unpaired) electrons. The van der Waals surface area contributed by atoms with Crippen molar-refractivity contribution in [3.8, 4) is 0 Å². The normalized spacial score (nSPS) is 11.5. The van der Waals surface area contributed by atoms with Crippen molar-refractivity contribution < 1.29 is 4.79 Å². The lowest BCUT2D eigenvalue weighted by Crippen LogP contribution is -2.14. The van der Waals surface area contributed by atoms with Gasteiger partial charge in [-0.15, -0.1) is 0 Å². The summed E-state index contributed by atoms with van der Waals surface area (Å²) in [5, 5.41) is 4.09. The molecule has 0 aromatic carbocycles. The molecule has 0 N–H and O–H groups in total. The molecule has 4 heteroatoms. The molecule has 0 saturated heterocycles. The molecule has 0 atom stereocenters. The van der Waals surface area contributed by atoms with Gasteiger partial charge in [0.25, 0.3) is 5.91 Å². The van der Waals surface area contributed by atoms with E-state index in [0.29, 0.717) is 5.69 Å². The first-order valence-electron chi connectivity index (χ1n) is 5.49. The average molecular weight is 229 g/mol. The third-order valence-corrected chi connectivity index (χ3v) is 2.54. The van der Waals surface area contributed by atoms with Crippen molar-refractivity contribution in [1.82, 2.24) is 14.8 Å². The summed E-state index contributed by atoms with van der Waals surface area (Å²) in [7, 11) is 0. The highest BCUT2D eigenvalue weighted by Gasteiger charge is 2.18. The van der Waals surface area contributed by atoms with E-state index in [9.17, 15) is 4.79 Å². The van der Waals surface area contributed by atoms with E-state index in [1.165, 1.54) is 4.68 Å². The number of hydrogen-bond donors (Lipinski definition) is 0. The van der Waals surface area contributed by atoms with Gasteiger partial charge in [0.15, 0.2) is 0 Å². The fraction of sp³-hybridized carbons (Fsp3) is 0.308. The number of pyridine rings is 1. The Morgan fingerprint density at radius 2 is 2.06 bits per heavy atom. The molecule has 4 nitrogen and oxygen atoms in total. The van der Waals surface area contributed by atoms with Gasteiger partial charge in [0.1, 0.15) is 5.69 Å². The topological polar surface area (TPSA) is 47.8 Å². The van der Waals surface area contributed by atoms with Crippen LogP contribution >= 0.6 is 0 Å². The molecule has 88 valence electrons. The molecule has 0 unspecified atom stereocenters. The summed E-state index contributed by atoms with van der Waals surface area (Å²) in [5.41, 5.74) is 1.42. The van der Waals surface area contributed by atoms with E-state index in [0.717, 1.165) is 5.56 Å². The highest BCUT2D eigenvalue weighted by Crippen LogP contribution is 2.21. The molecule has 0 aliphatic carbocycles. The molecular formula is C13H15N3O. The van der Waals surface area contributed by atoms with Crippen LogP contribution in [0, 0.1) is 0 Å². The molecule has 2 rings (SSSR count). The molecule has 0 bridgehead atoms. The van der Waals surface area contributed by atoms with Gasteiger partial charge < -0.3 is 0 Å². The summed E-state index contributed by atoms with van der Waals surface area (Å²) in [5.74, 6) is -0.207. The molecule has 0 spiro atoms. The van der Waals surface area contributed by atoms with Crippen LogP contribution in [0.1, 0.15) is 36.8 Å². The van der Waals surface area contributed by atoms with Gasteiger partial charge in [0, 0.05) is 12.4 Å². The Morgan fingerprint density at radius 1 is 1.29 bits per heavy atom. The van der Waals surface area contributed by atoms with Crippen molar-refractivity contribution in [1.29, 1.82) is 0 Å². The lowest BCUT2D eigenvalue weighted by atomic mass is 9.90. The van der Waals surface area contributed by atoms with Crippen LogP contribution < -0.4 is 0 Å². The van der Waals surface area contributed by atoms with Crippen LogP contribution in [-0.4, -0.2) is 20.7 Å². The minimum Gasteiger partial charge on any atom is -0.265 e. The van der Waals surface area contributed by atoms with Crippen molar-refractivity contribution in [2.75, 3.05) is 0 Å². The van der Waals surface area contributed by atoms with E-state index in [-0.39, 0.29) is 11.3 Å². The van der Waals surface area contributed by atoms with Crippen LogP contribution in [0.5, 0.6) is 0 Å². The Kier molecular flexibility index (Phi) is 2.79. The highest BCUT2D eigenvalue weighted by molar-refractivity contribution is 5.93. The molecule has 2 aromatic rings. The zero-order valence-electron chi connectivity index (χ0n) is 10.2. The van der Waals surface area contributed by atoms with Crippen molar-refractivity contribution in [2.24, 2.45) is 0 Å². The second-order valence-electron chi connectivity index (χ2n) is 4.94. The molecule has 0 aliphatic heterocycles. The Morgan fingerprint density at radius 3 is 2.59 bits per heavy atom. The average Bonchev–Trinajstić information content (AvgIpc) is 2.78. The van der Waals surface area contributed by atoms with Crippen LogP contribution in [0.15, 0.2) is 36.8 Å². The fourth-order valence-corrected chi connectivity index (χ4v) is 1.43. The summed E-state index contributed by atoms with van der Waals surface area (Å²) in [6, 6.07) is 5.25. The molecule has 0 fully saturated rings. The second kappa shape index (κ2) is 4.13. The number of aromatic nitrogens is 3. The summed E-state index contributed by atoms with van der Waals surface area (Å²) in [4.78, 5) is 16.0. The standard InChI is InChI=1S/C13H15N3O/c1-13(2,3)10-8-15-16(9-10)12(17)11-6-4-5-7-14-11/h4-9H,1-3H3. The molecule has 2 aromatic heterocycles. The maximum atomic E-state index is 12.0. The van der Waals surface area contributed by atoms with Crippen molar-refractivity contribution in [3.05, 3.63) is 48.0 Å². The third kappa shape index (κ3) is 2.41. The predicted octanol–water partition coefficient (Wildman–Crippen LogP) is 2.26. The maximum absolute atomic E-state index is 12.0. The van der Waals surface area contributed by atoms with E-state index in [2.05, 4.69) is 30.9 Å². The van der Waals surface area contributed by atoms with Gasteiger partial charge in [-0.25, -0.2) is 4.68 Å². The monoisotopic (exact) mass is 229 g/mol. The number of nitrogens with zero attached hydrogens (tertiary/aromatic N) is 3. The van der Waals surface area contributed by atoms with Gasteiger partial charge in [-0.2, -0.15) is 5.10 Å². The molecule has 0 saturated carbocycles. The minimum atomic E-state index is -0.207. The Hall–Kier alpha value is -1.97. The third-order valence-electron chi connectivity index (χ3n) is 2.54. The number of hydrogen-bond acceptors (Lipinski definition) is 3. The van der Waals surface area contributed by atoms with Gasteiger partial charge >= 0.3 is 0 Å². The fourth-order valence-electron chi connectivity index (χ4n) is 1.43. The SMILES string of the molecule is CC(C)(C)c1cnn(C(=O)c2ccccn2)c1. The van der Waals surface area contributed by atoms with Crippen LogP contribution in [-0.2, 0) is 5.41 Å². The lowest BCUT2D eigenvalue weighted by molar-refractivity contribution is 0.0940. The number of carbonyl (C=O) groups excluding carboxylic acids is 1. The second-order valence-corrected chi connectivity index (χ2v) is 4.94. The Labute approximate surface area is 100 Å². The van der Waals surface area contributed by atoms with E-state index in [4.69, 9.17) is 0 Å². The minimum absolute atomic E-state index is 0.0113. The highest BCUT2D eigenvalue weighted by atomic mass is 16.2. The van der Waals surface area contributed by atoms with E-state index in [1.54, 1.807) is 36.8 Å². The summed E-state index contributed by atoms with van der Waals surface area (Å²) in [6.07, 6.45) is 5.08. The number of rotatable bonds is 1. The van der Waals surface area contributed by atoms with Gasteiger partial charge in [0.2, 0.25) is 0 Å².